The fourth-order valence-corrected chi connectivity index (χ4v) is 2.82. The zero-order chi connectivity index (χ0) is 12.4. The van der Waals surface area contributed by atoms with Gasteiger partial charge in [0.1, 0.15) is 0 Å². The van der Waals surface area contributed by atoms with Crippen LogP contribution in [0, 0.1) is 0 Å². The largest absolute Gasteiger partial charge is 0.378 e. The van der Waals surface area contributed by atoms with Crippen LogP contribution >= 0.6 is 0 Å². The van der Waals surface area contributed by atoms with Crippen molar-refractivity contribution in [1.29, 1.82) is 0 Å². The van der Waals surface area contributed by atoms with Gasteiger partial charge in [-0.05, 0) is 12.8 Å². The molecule has 2 heterocycles. The third kappa shape index (κ3) is 2.29. The second-order valence-electron chi connectivity index (χ2n) is 5.11. The molecule has 2 aliphatic rings. The van der Waals surface area contributed by atoms with Gasteiger partial charge in [-0.25, -0.2) is 4.68 Å². The van der Waals surface area contributed by atoms with E-state index in [2.05, 4.69) is 15.0 Å². The molecule has 0 unspecified atom stereocenters. The van der Waals surface area contributed by atoms with Crippen molar-refractivity contribution in [2.45, 2.75) is 38.1 Å². The maximum atomic E-state index is 6.01. The maximum absolute atomic E-state index is 6.01. The molecule has 0 atom stereocenters. The standard InChI is InChI=1S/C12H21N5O/c13-11-14-12(16-6-8-18-9-7-16)15-17(11)10-4-2-1-3-5-10/h10H,1-9H2,(H2,13,14,15). The summed E-state index contributed by atoms with van der Waals surface area (Å²) in [5.41, 5.74) is 6.01. The van der Waals surface area contributed by atoms with Crippen LogP contribution in [0.25, 0.3) is 0 Å². The van der Waals surface area contributed by atoms with E-state index in [1.54, 1.807) is 0 Å². The van der Waals surface area contributed by atoms with E-state index in [0.29, 0.717) is 12.0 Å². The molecule has 1 saturated heterocycles. The quantitative estimate of drug-likeness (QED) is 0.855. The van der Waals surface area contributed by atoms with E-state index in [0.717, 1.165) is 32.3 Å². The molecule has 0 bridgehead atoms. The van der Waals surface area contributed by atoms with Crippen LogP contribution in [0.5, 0.6) is 0 Å². The van der Waals surface area contributed by atoms with Gasteiger partial charge in [0.15, 0.2) is 0 Å². The molecule has 6 heteroatoms. The first-order chi connectivity index (χ1) is 8.84. The first-order valence-corrected chi connectivity index (χ1v) is 6.89. The fourth-order valence-electron chi connectivity index (χ4n) is 2.82. The van der Waals surface area contributed by atoms with Crippen molar-refractivity contribution < 1.29 is 4.74 Å². The van der Waals surface area contributed by atoms with Crippen molar-refractivity contribution in [2.75, 3.05) is 36.9 Å². The third-order valence-electron chi connectivity index (χ3n) is 3.86. The maximum Gasteiger partial charge on any atom is 0.246 e. The lowest BCUT2D eigenvalue weighted by atomic mass is 9.96. The number of ether oxygens (including phenoxy) is 1. The van der Waals surface area contributed by atoms with E-state index in [1.165, 1.54) is 32.1 Å². The number of nitrogens with zero attached hydrogens (tertiary/aromatic N) is 4. The molecule has 6 nitrogen and oxygen atoms in total. The van der Waals surface area contributed by atoms with Gasteiger partial charge >= 0.3 is 0 Å². The zero-order valence-electron chi connectivity index (χ0n) is 10.7. The second-order valence-corrected chi connectivity index (χ2v) is 5.11. The van der Waals surface area contributed by atoms with Gasteiger partial charge in [0.2, 0.25) is 11.9 Å². The van der Waals surface area contributed by atoms with Gasteiger partial charge in [0.05, 0.1) is 19.3 Å². The van der Waals surface area contributed by atoms with Crippen LogP contribution in [0.2, 0.25) is 0 Å². The predicted molar refractivity (Wildman–Crippen MR) is 69.6 cm³/mol. The van der Waals surface area contributed by atoms with E-state index >= 15 is 0 Å². The number of aromatic nitrogens is 3. The highest BCUT2D eigenvalue weighted by Gasteiger charge is 2.22. The van der Waals surface area contributed by atoms with Gasteiger partial charge in [-0.1, -0.05) is 19.3 Å². The Balaban J connectivity index is 1.76. The zero-order valence-corrected chi connectivity index (χ0v) is 10.7. The van der Waals surface area contributed by atoms with E-state index in [4.69, 9.17) is 10.5 Å². The van der Waals surface area contributed by atoms with Crippen LogP contribution in [0.1, 0.15) is 38.1 Å². The summed E-state index contributed by atoms with van der Waals surface area (Å²) in [6, 6.07) is 0.445. The summed E-state index contributed by atoms with van der Waals surface area (Å²) in [5, 5.41) is 4.61. The normalized spacial score (nSPS) is 22.3. The second kappa shape index (κ2) is 5.14. The smallest absolute Gasteiger partial charge is 0.246 e. The molecular formula is C12H21N5O. The van der Waals surface area contributed by atoms with Crippen LogP contribution < -0.4 is 10.6 Å². The summed E-state index contributed by atoms with van der Waals surface area (Å²) in [5.74, 6) is 1.32. The van der Waals surface area contributed by atoms with Crippen molar-refractivity contribution in [3.8, 4) is 0 Å². The third-order valence-corrected chi connectivity index (χ3v) is 3.86. The van der Waals surface area contributed by atoms with Gasteiger partial charge in [-0.2, -0.15) is 4.98 Å². The summed E-state index contributed by atoms with van der Waals surface area (Å²) in [7, 11) is 0. The lowest BCUT2D eigenvalue weighted by Crippen LogP contribution is -2.37. The Labute approximate surface area is 107 Å². The molecule has 1 aliphatic heterocycles. The molecule has 1 aromatic heterocycles. The van der Waals surface area contributed by atoms with Gasteiger partial charge in [0, 0.05) is 13.1 Å². The molecule has 18 heavy (non-hydrogen) atoms. The van der Waals surface area contributed by atoms with Crippen LogP contribution in [-0.2, 0) is 4.74 Å². The van der Waals surface area contributed by atoms with Crippen molar-refractivity contribution in [2.24, 2.45) is 0 Å². The Morgan fingerprint density at radius 2 is 1.83 bits per heavy atom. The topological polar surface area (TPSA) is 69.2 Å². The average molecular weight is 251 g/mol. The average Bonchev–Trinajstić information content (AvgIpc) is 2.83. The Hall–Kier alpha value is -1.30. The van der Waals surface area contributed by atoms with Crippen molar-refractivity contribution in [3.63, 3.8) is 0 Å². The lowest BCUT2D eigenvalue weighted by molar-refractivity contribution is 0.122. The SMILES string of the molecule is Nc1nc(N2CCOCC2)nn1C1CCCCC1. The van der Waals surface area contributed by atoms with Crippen LogP contribution in [0.15, 0.2) is 0 Å². The number of hydrogen-bond donors (Lipinski definition) is 1. The molecule has 0 amide bonds. The highest BCUT2D eigenvalue weighted by atomic mass is 16.5. The molecule has 0 radical (unpaired) electrons. The lowest BCUT2D eigenvalue weighted by Gasteiger charge is -2.25. The minimum absolute atomic E-state index is 0.445. The van der Waals surface area contributed by atoms with E-state index in [9.17, 15) is 0 Å². The summed E-state index contributed by atoms with van der Waals surface area (Å²) in [6.07, 6.45) is 6.24. The van der Waals surface area contributed by atoms with Crippen molar-refractivity contribution in [1.82, 2.24) is 14.8 Å². The summed E-state index contributed by atoms with van der Waals surface area (Å²) < 4.78 is 7.27. The number of nitrogen functional groups attached to an aromatic ring is 1. The van der Waals surface area contributed by atoms with Crippen LogP contribution in [-0.4, -0.2) is 41.1 Å². The molecule has 1 aromatic rings. The van der Waals surface area contributed by atoms with Crippen molar-refractivity contribution >= 4 is 11.9 Å². The van der Waals surface area contributed by atoms with Gasteiger partial charge in [-0.15, -0.1) is 5.10 Å². The molecule has 2 N–H and O–H groups in total. The van der Waals surface area contributed by atoms with Gasteiger partial charge in [0.25, 0.3) is 0 Å². The Kier molecular flexibility index (Phi) is 3.36. The van der Waals surface area contributed by atoms with Crippen LogP contribution in [0.3, 0.4) is 0 Å². The Morgan fingerprint density at radius 3 is 2.56 bits per heavy atom. The Bertz CT molecular complexity index is 393. The minimum atomic E-state index is 0.445. The minimum Gasteiger partial charge on any atom is -0.378 e. The number of morpholine rings is 1. The molecule has 2 fully saturated rings. The van der Waals surface area contributed by atoms with Crippen LogP contribution in [0.4, 0.5) is 11.9 Å². The summed E-state index contributed by atoms with van der Waals surface area (Å²) >= 11 is 0. The number of nitrogens with two attached hydrogens (primary N) is 1. The van der Waals surface area contributed by atoms with Gasteiger partial charge in [-0.3, -0.25) is 0 Å². The highest BCUT2D eigenvalue weighted by molar-refractivity contribution is 5.35. The molecule has 1 aliphatic carbocycles. The predicted octanol–water partition coefficient (Wildman–Crippen LogP) is 1.20. The first kappa shape index (κ1) is 11.8. The van der Waals surface area contributed by atoms with Gasteiger partial charge < -0.3 is 15.4 Å². The fraction of sp³-hybridized carbons (Fsp3) is 0.833. The highest BCUT2D eigenvalue weighted by Crippen LogP contribution is 2.29. The Morgan fingerprint density at radius 1 is 1.11 bits per heavy atom. The molecule has 0 spiro atoms. The molecule has 3 rings (SSSR count). The monoisotopic (exact) mass is 251 g/mol. The first-order valence-electron chi connectivity index (χ1n) is 6.89. The number of anilines is 2. The summed E-state index contributed by atoms with van der Waals surface area (Å²) in [4.78, 5) is 6.56. The summed E-state index contributed by atoms with van der Waals surface area (Å²) in [6.45, 7) is 3.21. The molecule has 0 aromatic carbocycles. The van der Waals surface area contributed by atoms with E-state index in [-0.39, 0.29) is 0 Å². The molecule has 1 saturated carbocycles. The van der Waals surface area contributed by atoms with E-state index < -0.39 is 0 Å². The van der Waals surface area contributed by atoms with E-state index in [1.807, 2.05) is 4.68 Å². The molecule has 100 valence electrons. The van der Waals surface area contributed by atoms with Crippen molar-refractivity contribution in [3.05, 3.63) is 0 Å². The molecular weight excluding hydrogens is 230 g/mol. The number of rotatable bonds is 2. The number of hydrogen-bond acceptors (Lipinski definition) is 5.